The maximum absolute atomic E-state index is 12.4. The third-order valence-electron chi connectivity index (χ3n) is 4.61. The second-order valence-electron chi connectivity index (χ2n) is 6.69. The van der Waals surface area contributed by atoms with Crippen molar-refractivity contribution in [3.8, 4) is 6.07 Å². The van der Waals surface area contributed by atoms with Gasteiger partial charge in [0.05, 0.1) is 28.6 Å². The van der Waals surface area contributed by atoms with E-state index >= 15 is 0 Å². The second kappa shape index (κ2) is 9.01. The lowest BCUT2D eigenvalue weighted by Gasteiger charge is -2.14. The Hall–Kier alpha value is -3.99. The minimum Gasteiger partial charge on any atom is -0.453 e. The van der Waals surface area contributed by atoms with Crippen LogP contribution in [0.15, 0.2) is 53.3 Å². The molecular weight excluding hydrogens is 384 g/mol. The molecule has 0 fully saturated rings. The van der Waals surface area contributed by atoms with Gasteiger partial charge < -0.3 is 10.1 Å². The minimum absolute atomic E-state index is 0.0367. The zero-order valence-electron chi connectivity index (χ0n) is 16.6. The number of fused-ring (bicyclic) bond motifs is 1. The molecule has 0 unspecified atom stereocenters. The van der Waals surface area contributed by atoms with Gasteiger partial charge in [-0.2, -0.15) is 5.26 Å². The molecule has 1 heterocycles. The number of amides is 1. The van der Waals surface area contributed by atoms with Crippen LogP contribution in [0.1, 0.15) is 24.7 Å². The van der Waals surface area contributed by atoms with Gasteiger partial charge in [0.15, 0.2) is 6.10 Å². The van der Waals surface area contributed by atoms with E-state index in [1.165, 1.54) is 11.5 Å². The Balaban J connectivity index is 1.61. The predicted molar refractivity (Wildman–Crippen MR) is 111 cm³/mol. The lowest BCUT2D eigenvalue weighted by atomic mass is 10.2. The molecule has 3 rings (SSSR count). The van der Waals surface area contributed by atoms with E-state index in [2.05, 4.69) is 10.3 Å². The molecule has 0 saturated carbocycles. The van der Waals surface area contributed by atoms with Crippen LogP contribution in [0.5, 0.6) is 0 Å². The first-order valence-electron chi connectivity index (χ1n) is 9.35. The quantitative estimate of drug-likeness (QED) is 0.631. The van der Waals surface area contributed by atoms with Gasteiger partial charge in [-0.15, -0.1) is 0 Å². The second-order valence-corrected chi connectivity index (χ2v) is 6.69. The lowest BCUT2D eigenvalue weighted by molar-refractivity contribution is -0.153. The predicted octanol–water partition coefficient (Wildman–Crippen LogP) is 2.31. The van der Waals surface area contributed by atoms with Gasteiger partial charge in [-0.1, -0.05) is 24.3 Å². The third kappa shape index (κ3) is 4.52. The van der Waals surface area contributed by atoms with Crippen LogP contribution in [-0.4, -0.2) is 27.5 Å². The summed E-state index contributed by atoms with van der Waals surface area (Å²) in [5.41, 5.74) is 1.04. The van der Waals surface area contributed by atoms with E-state index in [0.717, 1.165) is 0 Å². The van der Waals surface area contributed by atoms with Crippen molar-refractivity contribution in [2.45, 2.75) is 25.9 Å². The Morgan fingerprint density at radius 3 is 2.67 bits per heavy atom. The molecule has 8 nitrogen and oxygen atoms in total. The summed E-state index contributed by atoms with van der Waals surface area (Å²) in [7, 11) is 1.60. The number of benzene rings is 2. The number of hydrogen-bond donors (Lipinski definition) is 1. The van der Waals surface area contributed by atoms with Gasteiger partial charge in [0.25, 0.3) is 11.5 Å². The van der Waals surface area contributed by atoms with Gasteiger partial charge in [0.2, 0.25) is 0 Å². The van der Waals surface area contributed by atoms with E-state index in [0.29, 0.717) is 28.0 Å². The molecule has 8 heteroatoms. The molecule has 0 aliphatic rings. The molecule has 152 valence electrons. The Morgan fingerprint density at radius 1 is 1.20 bits per heavy atom. The summed E-state index contributed by atoms with van der Waals surface area (Å²) in [6.45, 7) is 1.45. The fourth-order valence-corrected chi connectivity index (χ4v) is 2.93. The number of ether oxygens (including phenoxy) is 1. The smallest absolute Gasteiger partial charge is 0.307 e. The molecule has 1 amide bonds. The number of nitrogens with one attached hydrogen (secondary N) is 1. The van der Waals surface area contributed by atoms with Crippen molar-refractivity contribution in [3.05, 3.63) is 70.3 Å². The summed E-state index contributed by atoms with van der Waals surface area (Å²) in [6.07, 6.45) is -0.885. The number of aromatic nitrogens is 2. The molecular formula is C22H20N4O4. The van der Waals surface area contributed by atoms with Crippen LogP contribution in [0.3, 0.4) is 0 Å². The Morgan fingerprint density at radius 2 is 1.90 bits per heavy atom. The Bertz CT molecular complexity index is 1210. The largest absolute Gasteiger partial charge is 0.453 e. The number of aryl methyl sites for hydroxylation is 1. The van der Waals surface area contributed by atoms with Crippen LogP contribution in [0.25, 0.3) is 10.9 Å². The number of carbonyl (C=O) groups excluding carboxylic acids is 2. The summed E-state index contributed by atoms with van der Waals surface area (Å²) in [5, 5.41) is 12.2. The van der Waals surface area contributed by atoms with E-state index in [1.807, 2.05) is 6.07 Å². The number of anilines is 1. The Labute approximate surface area is 172 Å². The van der Waals surface area contributed by atoms with Crippen LogP contribution in [0.2, 0.25) is 0 Å². The maximum atomic E-state index is 12.4. The van der Waals surface area contributed by atoms with Gasteiger partial charge in [-0.25, -0.2) is 4.98 Å². The number of rotatable bonds is 6. The fraction of sp³-hybridized carbons (Fsp3) is 0.227. The van der Waals surface area contributed by atoms with Crippen molar-refractivity contribution in [1.29, 1.82) is 5.26 Å². The van der Waals surface area contributed by atoms with Crippen LogP contribution in [0, 0.1) is 11.3 Å². The van der Waals surface area contributed by atoms with Crippen molar-refractivity contribution < 1.29 is 14.3 Å². The molecule has 0 aliphatic heterocycles. The molecule has 0 radical (unpaired) electrons. The number of nitriles is 1. The molecule has 0 bridgehead atoms. The van der Waals surface area contributed by atoms with E-state index in [-0.39, 0.29) is 18.4 Å². The molecule has 1 aromatic heterocycles. The number of carbonyl (C=O) groups is 2. The summed E-state index contributed by atoms with van der Waals surface area (Å²) in [4.78, 5) is 41.3. The summed E-state index contributed by atoms with van der Waals surface area (Å²) >= 11 is 0. The van der Waals surface area contributed by atoms with Crippen molar-refractivity contribution in [3.63, 3.8) is 0 Å². The first-order valence-corrected chi connectivity index (χ1v) is 9.35. The van der Waals surface area contributed by atoms with Crippen LogP contribution in [-0.2, 0) is 27.8 Å². The molecule has 0 aliphatic carbocycles. The highest BCUT2D eigenvalue weighted by Crippen LogP contribution is 2.14. The fourth-order valence-electron chi connectivity index (χ4n) is 2.93. The maximum Gasteiger partial charge on any atom is 0.307 e. The highest BCUT2D eigenvalue weighted by Gasteiger charge is 2.19. The third-order valence-corrected chi connectivity index (χ3v) is 4.61. The average molecular weight is 404 g/mol. The van der Waals surface area contributed by atoms with Crippen molar-refractivity contribution in [2.24, 2.45) is 7.05 Å². The van der Waals surface area contributed by atoms with Gasteiger partial charge >= 0.3 is 5.97 Å². The molecule has 1 N–H and O–H groups in total. The number of hydrogen-bond acceptors (Lipinski definition) is 6. The summed E-state index contributed by atoms with van der Waals surface area (Å²) in [6, 6.07) is 15.5. The topological polar surface area (TPSA) is 114 Å². The van der Waals surface area contributed by atoms with Crippen molar-refractivity contribution in [1.82, 2.24) is 9.55 Å². The standard InChI is InChI=1S/C22H20N4O4/c1-14(21(28)25-17-9-5-3-7-15(17)13-23)30-20(27)12-11-19-24-18-10-6-4-8-16(18)22(29)26(19)2/h3-10,14H,11-12H2,1-2H3,(H,25,28)/t14-/m0/s1. The molecule has 30 heavy (non-hydrogen) atoms. The van der Waals surface area contributed by atoms with Crippen LogP contribution < -0.4 is 10.9 Å². The first kappa shape index (κ1) is 20.7. The minimum atomic E-state index is -1.04. The van der Waals surface area contributed by atoms with Gasteiger partial charge in [-0.3, -0.25) is 19.0 Å². The zero-order valence-corrected chi connectivity index (χ0v) is 16.6. The number of para-hydroxylation sites is 2. The first-order chi connectivity index (χ1) is 14.4. The zero-order chi connectivity index (χ0) is 21.7. The van der Waals surface area contributed by atoms with Crippen LogP contribution in [0.4, 0.5) is 5.69 Å². The van der Waals surface area contributed by atoms with Crippen molar-refractivity contribution >= 4 is 28.5 Å². The molecule has 1 atom stereocenters. The lowest BCUT2D eigenvalue weighted by Crippen LogP contribution is -2.30. The molecule has 0 saturated heterocycles. The van der Waals surface area contributed by atoms with Gasteiger partial charge in [0.1, 0.15) is 11.9 Å². The highest BCUT2D eigenvalue weighted by molar-refractivity contribution is 5.96. The number of nitrogens with zero attached hydrogens (tertiary/aromatic N) is 3. The average Bonchev–Trinajstić information content (AvgIpc) is 2.75. The Kier molecular flexibility index (Phi) is 6.23. The molecule has 2 aromatic carbocycles. The van der Waals surface area contributed by atoms with E-state index < -0.39 is 18.0 Å². The molecule has 0 spiro atoms. The highest BCUT2D eigenvalue weighted by atomic mass is 16.5. The summed E-state index contributed by atoms with van der Waals surface area (Å²) in [5.74, 6) is -0.674. The van der Waals surface area contributed by atoms with Crippen LogP contribution >= 0.6 is 0 Å². The van der Waals surface area contributed by atoms with E-state index in [4.69, 9.17) is 10.00 Å². The normalized spacial score (nSPS) is 11.5. The van der Waals surface area contributed by atoms with Gasteiger partial charge in [0, 0.05) is 13.5 Å². The molecule has 3 aromatic rings. The van der Waals surface area contributed by atoms with E-state index in [1.54, 1.807) is 55.6 Å². The van der Waals surface area contributed by atoms with Crippen molar-refractivity contribution in [2.75, 3.05) is 5.32 Å². The number of esters is 1. The van der Waals surface area contributed by atoms with Gasteiger partial charge in [-0.05, 0) is 31.2 Å². The summed E-state index contributed by atoms with van der Waals surface area (Å²) < 4.78 is 6.60. The SMILES string of the molecule is C[C@H](OC(=O)CCc1nc2ccccc2c(=O)n1C)C(=O)Nc1ccccc1C#N. The van der Waals surface area contributed by atoms with E-state index in [9.17, 15) is 14.4 Å². The monoisotopic (exact) mass is 404 g/mol.